The zero-order chi connectivity index (χ0) is 25.4. The van der Waals surface area contributed by atoms with Gasteiger partial charge in [-0.3, -0.25) is 14.4 Å². The van der Waals surface area contributed by atoms with Gasteiger partial charge in [0.2, 0.25) is 17.7 Å². The van der Waals surface area contributed by atoms with Gasteiger partial charge < -0.3 is 19.8 Å². The van der Waals surface area contributed by atoms with Crippen LogP contribution in [0.1, 0.15) is 47.5 Å². The maximum Gasteiger partial charge on any atom is 0.247 e. The maximum atomic E-state index is 14.2. The van der Waals surface area contributed by atoms with E-state index in [1.165, 1.54) is 0 Å². The zero-order valence-electron chi connectivity index (χ0n) is 21.3. The van der Waals surface area contributed by atoms with Crippen molar-refractivity contribution in [1.29, 1.82) is 0 Å². The molecule has 3 saturated heterocycles. The van der Waals surface area contributed by atoms with Crippen molar-refractivity contribution in [3.63, 3.8) is 0 Å². The molecule has 190 valence electrons. The van der Waals surface area contributed by atoms with Gasteiger partial charge in [-0.2, -0.15) is 0 Å². The number of aliphatic hydroxyl groups is 1. The molecule has 3 aliphatic heterocycles. The Labute approximate surface area is 208 Å². The van der Waals surface area contributed by atoms with Crippen LogP contribution < -0.4 is 0 Å². The monoisotopic (exact) mass is 491 g/mol. The Morgan fingerprint density at radius 3 is 2.41 bits per heavy atom. The van der Waals surface area contributed by atoms with E-state index in [1.807, 2.05) is 27.7 Å². The third-order valence-corrected chi connectivity index (χ3v) is 9.72. The van der Waals surface area contributed by atoms with Crippen molar-refractivity contribution in [3.05, 3.63) is 25.3 Å². The summed E-state index contributed by atoms with van der Waals surface area (Å²) in [5.74, 6) is -1.23. The second-order valence-electron chi connectivity index (χ2n) is 10.8. The van der Waals surface area contributed by atoms with Crippen LogP contribution in [0.15, 0.2) is 25.3 Å². The van der Waals surface area contributed by atoms with Gasteiger partial charge in [-0.05, 0) is 39.5 Å². The van der Waals surface area contributed by atoms with Gasteiger partial charge in [0, 0.05) is 37.0 Å². The molecule has 3 aliphatic rings. The van der Waals surface area contributed by atoms with Crippen molar-refractivity contribution in [3.8, 4) is 0 Å². The van der Waals surface area contributed by atoms with Gasteiger partial charge >= 0.3 is 0 Å². The fourth-order valence-electron chi connectivity index (χ4n) is 6.33. The van der Waals surface area contributed by atoms with Gasteiger partial charge in [0.05, 0.1) is 23.2 Å². The summed E-state index contributed by atoms with van der Waals surface area (Å²) >= 11 is 1.67. The van der Waals surface area contributed by atoms with Gasteiger partial charge in [-0.1, -0.05) is 26.0 Å². The molecule has 0 aromatic heterocycles. The first kappa shape index (κ1) is 26.8. The topological polar surface area (TPSA) is 81.2 Å². The third-order valence-electron chi connectivity index (χ3n) is 7.65. The lowest BCUT2D eigenvalue weighted by molar-refractivity contribution is -0.146. The van der Waals surface area contributed by atoms with E-state index < -0.39 is 28.2 Å². The average Bonchev–Trinajstić information content (AvgIpc) is 3.34. The Morgan fingerprint density at radius 2 is 1.88 bits per heavy atom. The molecule has 2 bridgehead atoms. The Kier molecular flexibility index (Phi) is 7.92. The van der Waals surface area contributed by atoms with Gasteiger partial charge in [-0.15, -0.1) is 24.9 Å². The highest BCUT2D eigenvalue weighted by Crippen LogP contribution is 2.68. The van der Waals surface area contributed by atoms with Gasteiger partial charge in [-0.25, -0.2) is 0 Å². The molecule has 6 atom stereocenters. The van der Waals surface area contributed by atoms with E-state index in [0.29, 0.717) is 19.6 Å². The Bertz CT molecular complexity index is 840. The van der Waals surface area contributed by atoms with Crippen molar-refractivity contribution < 1.29 is 19.5 Å². The first-order chi connectivity index (χ1) is 16.0. The number of aliphatic hydroxyl groups excluding tert-OH is 1. The number of likely N-dealkylation sites (tertiary alicyclic amines) is 1. The Hall–Kier alpha value is -1.80. The highest BCUT2D eigenvalue weighted by atomic mass is 32.2. The summed E-state index contributed by atoms with van der Waals surface area (Å²) in [6, 6.07) is -0.710. The van der Waals surface area contributed by atoms with Crippen LogP contribution in [0.25, 0.3) is 0 Å². The molecule has 0 aromatic rings. The smallest absolute Gasteiger partial charge is 0.247 e. The quantitative estimate of drug-likeness (QED) is 0.475. The van der Waals surface area contributed by atoms with Crippen molar-refractivity contribution in [2.45, 2.75) is 69.0 Å². The molecule has 0 aromatic carbocycles. The normalized spacial score (nSPS) is 32.0. The molecule has 0 aliphatic carbocycles. The average molecular weight is 492 g/mol. The van der Waals surface area contributed by atoms with Gasteiger partial charge in [0.1, 0.15) is 6.04 Å². The van der Waals surface area contributed by atoms with Gasteiger partial charge in [0.15, 0.2) is 0 Å². The van der Waals surface area contributed by atoms with E-state index >= 15 is 0 Å². The fraction of sp³-hybridized carbons (Fsp3) is 0.731. The predicted octanol–water partition coefficient (Wildman–Crippen LogP) is 2.55. The van der Waals surface area contributed by atoms with Crippen molar-refractivity contribution in [1.82, 2.24) is 14.7 Å². The lowest BCUT2D eigenvalue weighted by Crippen LogP contribution is -2.60. The predicted molar refractivity (Wildman–Crippen MR) is 136 cm³/mol. The summed E-state index contributed by atoms with van der Waals surface area (Å²) in [5.41, 5.74) is -0.463. The minimum Gasteiger partial charge on any atom is -0.395 e. The molecule has 1 N–H and O–H groups in total. The lowest BCUT2D eigenvalue weighted by atomic mass is 9.65. The maximum absolute atomic E-state index is 14.2. The van der Waals surface area contributed by atoms with E-state index in [9.17, 15) is 19.5 Å². The first-order valence-electron chi connectivity index (χ1n) is 12.4. The number of nitrogens with zero attached hydrogens (tertiary/aromatic N) is 3. The number of hydrogen-bond acceptors (Lipinski definition) is 5. The molecule has 0 radical (unpaired) electrons. The molecule has 8 heteroatoms. The van der Waals surface area contributed by atoms with Crippen LogP contribution in [0.2, 0.25) is 0 Å². The summed E-state index contributed by atoms with van der Waals surface area (Å²) in [5, 5.41) is 9.83. The van der Waals surface area contributed by atoms with Crippen molar-refractivity contribution >= 4 is 29.5 Å². The molecular formula is C26H41N3O4S. The molecule has 3 unspecified atom stereocenters. The fourth-order valence-corrected chi connectivity index (χ4v) is 8.74. The minimum atomic E-state index is -0.710. The summed E-state index contributed by atoms with van der Waals surface area (Å²) in [6.07, 6.45) is 5.05. The number of hydrogen-bond donors (Lipinski definition) is 1. The first-order valence-corrected chi connectivity index (χ1v) is 13.3. The Morgan fingerprint density at radius 1 is 1.24 bits per heavy atom. The van der Waals surface area contributed by atoms with E-state index in [0.717, 1.165) is 12.8 Å². The molecule has 3 fully saturated rings. The number of rotatable bonds is 10. The zero-order valence-corrected chi connectivity index (χ0v) is 22.1. The van der Waals surface area contributed by atoms with Crippen molar-refractivity contribution in [2.24, 2.45) is 17.8 Å². The second kappa shape index (κ2) is 10.1. The van der Waals surface area contributed by atoms with Crippen LogP contribution >= 0.6 is 11.8 Å². The summed E-state index contributed by atoms with van der Waals surface area (Å²) in [6.45, 7) is 19.0. The second-order valence-corrected chi connectivity index (χ2v) is 12.3. The molecule has 3 rings (SSSR count). The largest absolute Gasteiger partial charge is 0.395 e. The lowest BCUT2D eigenvalue weighted by Gasteiger charge is -2.44. The van der Waals surface area contributed by atoms with Crippen LogP contribution in [0.4, 0.5) is 0 Å². The van der Waals surface area contributed by atoms with Crippen LogP contribution in [-0.2, 0) is 14.4 Å². The van der Waals surface area contributed by atoms with Gasteiger partial charge in [0.25, 0.3) is 0 Å². The summed E-state index contributed by atoms with van der Waals surface area (Å²) in [4.78, 5) is 47.0. The number of carbonyl (C=O) groups excluding carboxylic acids is 3. The standard InChI is InChI=1S/C26H41N3O4S/c1-8-11-27(12-9-2)22(31)19-18-16-17(4)26(34-18)20(19)23(32)28(14-15-30)21(26)24(33)29(13-10-3)25(5,6)7/h8,10,17-21,30H,1,3,9,11-16H2,2,4-7H3/t17?,18-,19+,20-,21?,26?/m0/s1. The summed E-state index contributed by atoms with van der Waals surface area (Å²) in [7, 11) is 0. The van der Waals surface area contributed by atoms with Crippen LogP contribution in [0, 0.1) is 17.8 Å². The molecular weight excluding hydrogens is 450 g/mol. The molecule has 0 saturated carbocycles. The number of β-amino-alcohol motifs (C(OH)–C–C–N with tert-alkyl or cyclic N) is 1. The minimum absolute atomic E-state index is 0.00897. The van der Waals surface area contributed by atoms with E-state index in [-0.39, 0.29) is 42.0 Å². The van der Waals surface area contributed by atoms with Crippen LogP contribution in [0.5, 0.6) is 0 Å². The van der Waals surface area contributed by atoms with Crippen molar-refractivity contribution in [2.75, 3.05) is 32.8 Å². The summed E-state index contributed by atoms with van der Waals surface area (Å²) < 4.78 is -0.676. The number of amides is 3. The van der Waals surface area contributed by atoms with Crippen LogP contribution in [-0.4, -0.2) is 91.9 Å². The highest BCUT2D eigenvalue weighted by Gasteiger charge is 2.76. The molecule has 7 nitrogen and oxygen atoms in total. The molecule has 3 heterocycles. The number of fused-ring (bicyclic) bond motifs is 1. The number of carbonyl (C=O) groups is 3. The highest BCUT2D eigenvalue weighted by molar-refractivity contribution is 8.02. The number of thioether (sulfide) groups is 1. The van der Waals surface area contributed by atoms with E-state index in [4.69, 9.17) is 0 Å². The van der Waals surface area contributed by atoms with Crippen LogP contribution in [0.3, 0.4) is 0 Å². The SMILES string of the molecule is C=CCN(CCC)C(=O)[C@@H]1[C@@H]2CC(C)C3(S2)C(C(=O)N(CC=C)C(C)(C)C)N(CCO)C(=O)[C@H]13. The third kappa shape index (κ3) is 4.11. The van der Waals surface area contributed by atoms with E-state index in [2.05, 4.69) is 20.1 Å². The Balaban J connectivity index is 2.09. The molecule has 3 amide bonds. The molecule has 1 spiro atoms. The molecule has 34 heavy (non-hydrogen) atoms. The van der Waals surface area contributed by atoms with E-state index in [1.54, 1.807) is 38.6 Å².